The fraction of sp³-hybridized carbons (Fsp3) is 0.360. The van der Waals surface area contributed by atoms with Crippen molar-refractivity contribution < 1.29 is 9.26 Å². The number of hydrogen-bond acceptors (Lipinski definition) is 7. The lowest BCUT2D eigenvalue weighted by atomic mass is 10.0. The molecule has 0 aliphatic heterocycles. The van der Waals surface area contributed by atoms with E-state index in [1.165, 1.54) is 0 Å². The van der Waals surface area contributed by atoms with Gasteiger partial charge < -0.3 is 19.6 Å². The highest BCUT2D eigenvalue weighted by Gasteiger charge is 2.23. The second kappa shape index (κ2) is 7.58. The summed E-state index contributed by atoms with van der Waals surface area (Å²) < 4.78 is 13.2. The molecule has 0 atom stereocenters. The zero-order chi connectivity index (χ0) is 24.4. The van der Waals surface area contributed by atoms with Crippen LogP contribution in [0.2, 0.25) is 0 Å². The number of fused-ring (bicyclic) bond motifs is 3. The Balaban J connectivity index is 1.75. The molecule has 0 spiro atoms. The molecular weight excluding hydrogens is 430 g/mol. The monoisotopic (exact) mass is 459 g/mol. The average Bonchev–Trinajstić information content (AvgIpc) is 3.40. The Morgan fingerprint density at radius 1 is 1.06 bits per heavy atom. The number of methoxy groups -OCH3 is 1. The summed E-state index contributed by atoms with van der Waals surface area (Å²) in [5.74, 6) is 3.72. The number of hydrogen-bond donors (Lipinski definition) is 2. The van der Waals surface area contributed by atoms with E-state index in [1.807, 2.05) is 44.5 Å². The van der Waals surface area contributed by atoms with E-state index in [-0.39, 0.29) is 5.54 Å². The molecule has 5 aromatic rings. The molecule has 0 amide bonds. The molecule has 4 heterocycles. The second-order valence-corrected chi connectivity index (χ2v) is 9.64. The minimum atomic E-state index is -0.190. The average molecular weight is 460 g/mol. The Hall–Kier alpha value is -3.88. The molecule has 9 nitrogen and oxygen atoms in total. The Bertz CT molecular complexity index is 1530. The van der Waals surface area contributed by atoms with E-state index >= 15 is 0 Å². The number of ether oxygens (including phenoxy) is 1. The third-order valence-corrected chi connectivity index (χ3v) is 5.90. The Labute approximate surface area is 197 Å². The Kier molecular flexibility index (Phi) is 4.89. The van der Waals surface area contributed by atoms with E-state index in [4.69, 9.17) is 14.2 Å². The van der Waals surface area contributed by atoms with Crippen LogP contribution in [-0.4, -0.2) is 37.0 Å². The highest BCUT2D eigenvalue weighted by Crippen LogP contribution is 2.41. The fourth-order valence-corrected chi connectivity index (χ4v) is 4.48. The minimum Gasteiger partial charge on any atom is -0.496 e. The molecule has 0 fully saturated rings. The van der Waals surface area contributed by atoms with Gasteiger partial charge in [-0.25, -0.2) is 14.6 Å². The summed E-state index contributed by atoms with van der Waals surface area (Å²) in [6.07, 6.45) is 0. The van der Waals surface area contributed by atoms with E-state index in [0.717, 1.165) is 61.8 Å². The van der Waals surface area contributed by atoms with Crippen LogP contribution in [0.1, 0.15) is 43.7 Å². The van der Waals surface area contributed by atoms with Crippen LogP contribution in [0.3, 0.4) is 0 Å². The molecule has 34 heavy (non-hydrogen) atoms. The summed E-state index contributed by atoms with van der Waals surface area (Å²) in [6.45, 7) is 14.1. The largest absolute Gasteiger partial charge is 0.496 e. The Morgan fingerprint density at radius 3 is 2.47 bits per heavy atom. The first-order chi connectivity index (χ1) is 16.1. The van der Waals surface area contributed by atoms with Gasteiger partial charge >= 0.3 is 0 Å². The number of benzene rings is 1. The summed E-state index contributed by atoms with van der Waals surface area (Å²) >= 11 is 0. The van der Waals surface area contributed by atoms with Crippen LogP contribution < -0.4 is 10.1 Å². The van der Waals surface area contributed by atoms with Gasteiger partial charge in [-0.3, -0.25) is 0 Å². The highest BCUT2D eigenvalue weighted by atomic mass is 16.5. The van der Waals surface area contributed by atoms with Crippen LogP contribution in [0.25, 0.3) is 33.1 Å². The molecule has 5 rings (SSSR count). The molecule has 0 unspecified atom stereocenters. The van der Waals surface area contributed by atoms with Crippen molar-refractivity contribution in [3.8, 4) is 16.9 Å². The quantitative estimate of drug-likeness (QED) is 0.355. The molecule has 0 radical (unpaired) electrons. The minimum absolute atomic E-state index is 0.190. The van der Waals surface area contributed by atoms with Crippen molar-refractivity contribution in [2.75, 3.05) is 12.4 Å². The number of nitrogens with zero attached hydrogens (tertiary/aromatic N) is 5. The van der Waals surface area contributed by atoms with E-state index < -0.39 is 0 Å². The van der Waals surface area contributed by atoms with Crippen molar-refractivity contribution >= 4 is 33.6 Å². The zero-order valence-corrected chi connectivity index (χ0v) is 20.8. The summed E-state index contributed by atoms with van der Waals surface area (Å²) in [5, 5.41) is 14.2. The van der Waals surface area contributed by atoms with Crippen molar-refractivity contribution in [2.24, 2.45) is 0 Å². The van der Waals surface area contributed by atoms with E-state index in [0.29, 0.717) is 11.6 Å². The summed E-state index contributed by atoms with van der Waals surface area (Å²) in [5.41, 5.74) is 5.08. The van der Waals surface area contributed by atoms with Crippen molar-refractivity contribution in [3.63, 3.8) is 0 Å². The van der Waals surface area contributed by atoms with Gasteiger partial charge in [-0.1, -0.05) is 5.16 Å². The molecule has 176 valence electrons. The van der Waals surface area contributed by atoms with Gasteiger partial charge in [-0.2, -0.15) is 5.10 Å². The third kappa shape index (κ3) is 3.48. The molecular formula is C25H29N7O2. The van der Waals surface area contributed by atoms with Crippen LogP contribution in [0.15, 0.2) is 22.7 Å². The lowest BCUT2D eigenvalue weighted by Gasteiger charge is -2.22. The number of aromatic nitrogens is 6. The van der Waals surface area contributed by atoms with Crippen molar-refractivity contribution in [1.82, 2.24) is 29.9 Å². The number of aryl methyl sites for hydroxylation is 4. The lowest BCUT2D eigenvalue weighted by molar-refractivity contribution is 0.359. The summed E-state index contributed by atoms with van der Waals surface area (Å²) in [6, 6.07) is 6.11. The lowest BCUT2D eigenvalue weighted by Crippen LogP contribution is -2.24. The first-order valence-electron chi connectivity index (χ1n) is 11.2. The first kappa shape index (κ1) is 21.9. The van der Waals surface area contributed by atoms with Crippen LogP contribution in [0, 0.1) is 27.7 Å². The van der Waals surface area contributed by atoms with E-state index in [1.54, 1.807) is 7.11 Å². The second-order valence-electron chi connectivity index (χ2n) is 9.64. The number of aromatic amines is 1. The molecule has 0 saturated carbocycles. The van der Waals surface area contributed by atoms with Gasteiger partial charge in [0.1, 0.15) is 34.6 Å². The Morgan fingerprint density at radius 2 is 1.82 bits per heavy atom. The predicted molar refractivity (Wildman–Crippen MR) is 133 cm³/mol. The molecule has 0 saturated heterocycles. The van der Waals surface area contributed by atoms with Gasteiger partial charge in [0.2, 0.25) is 0 Å². The molecule has 0 bridgehead atoms. The fourth-order valence-electron chi connectivity index (χ4n) is 4.48. The highest BCUT2D eigenvalue weighted by molar-refractivity contribution is 6.13. The van der Waals surface area contributed by atoms with Gasteiger partial charge in [0.05, 0.1) is 35.0 Å². The molecule has 0 aliphatic rings. The SMILES string of the molecule is COc1cc2c(cc1-c1c(C)noc1C)[nH]c1nc(C)nc(Nc3cc(C)nn3C(C)(C)C)c12. The number of nitrogens with one attached hydrogen (secondary N) is 2. The maximum absolute atomic E-state index is 5.80. The van der Waals surface area contributed by atoms with Crippen molar-refractivity contribution in [2.45, 2.75) is 54.0 Å². The van der Waals surface area contributed by atoms with E-state index in [2.05, 4.69) is 52.4 Å². The number of rotatable bonds is 4. The predicted octanol–water partition coefficient (Wildman–Crippen LogP) is 5.70. The molecule has 0 aliphatic carbocycles. The smallest absolute Gasteiger partial charge is 0.145 e. The number of anilines is 2. The maximum Gasteiger partial charge on any atom is 0.145 e. The van der Waals surface area contributed by atoms with Crippen molar-refractivity contribution in [3.05, 3.63) is 41.2 Å². The van der Waals surface area contributed by atoms with Crippen LogP contribution in [0.4, 0.5) is 11.6 Å². The summed E-state index contributed by atoms with van der Waals surface area (Å²) in [7, 11) is 1.67. The molecule has 2 N–H and O–H groups in total. The first-order valence-corrected chi connectivity index (χ1v) is 11.2. The van der Waals surface area contributed by atoms with Crippen molar-refractivity contribution in [1.29, 1.82) is 0 Å². The van der Waals surface area contributed by atoms with Gasteiger partial charge in [0.15, 0.2) is 0 Å². The zero-order valence-electron chi connectivity index (χ0n) is 20.8. The van der Waals surface area contributed by atoms with Gasteiger partial charge in [0.25, 0.3) is 0 Å². The summed E-state index contributed by atoms with van der Waals surface area (Å²) in [4.78, 5) is 12.9. The van der Waals surface area contributed by atoms with Gasteiger partial charge in [0, 0.05) is 22.5 Å². The van der Waals surface area contributed by atoms with E-state index in [9.17, 15) is 0 Å². The topological polar surface area (TPSA) is 107 Å². The van der Waals surface area contributed by atoms with Crippen LogP contribution >= 0.6 is 0 Å². The van der Waals surface area contributed by atoms with Crippen LogP contribution in [-0.2, 0) is 5.54 Å². The van der Waals surface area contributed by atoms with Gasteiger partial charge in [-0.15, -0.1) is 0 Å². The molecule has 1 aromatic carbocycles. The third-order valence-electron chi connectivity index (χ3n) is 5.90. The molecule has 9 heteroatoms. The standard InChI is InChI=1S/C25H29N7O2/c1-12-9-20(32(30-12)25(5,6)7)29-24-22-16-11-19(33-8)17(21-13(2)31-34-14(21)3)10-18(16)28-23(22)26-15(4)27-24/h9-11H,1-8H3,(H2,26,27,28,29). The normalized spacial score (nSPS) is 12.1. The number of H-pyrrole nitrogens is 1. The maximum atomic E-state index is 5.80. The molecule has 4 aromatic heterocycles. The van der Waals surface area contributed by atoms with Gasteiger partial charge in [-0.05, 0) is 60.6 Å². The van der Waals surface area contributed by atoms with Crippen LogP contribution in [0.5, 0.6) is 5.75 Å².